The molecule has 1 aromatic rings. The second kappa shape index (κ2) is 13.0. The van der Waals surface area contributed by atoms with Gasteiger partial charge in [-0.2, -0.15) is 0 Å². The molecular weight excluding hydrogens is 286 g/mol. The first-order chi connectivity index (χ1) is 11.2. The zero-order valence-corrected chi connectivity index (χ0v) is 14.7. The van der Waals surface area contributed by atoms with Gasteiger partial charge >= 0.3 is 0 Å². The predicted octanol–water partition coefficient (Wildman–Crippen LogP) is 5.01. The Kier molecular flexibility index (Phi) is 11.0. The van der Waals surface area contributed by atoms with Gasteiger partial charge in [0, 0.05) is 5.56 Å². The number of primary amides is 1. The molecule has 0 aliphatic carbocycles. The van der Waals surface area contributed by atoms with Crippen molar-refractivity contribution in [3.63, 3.8) is 0 Å². The summed E-state index contributed by atoms with van der Waals surface area (Å²) in [5.74, 6) is 0.474. The van der Waals surface area contributed by atoms with Crippen molar-refractivity contribution in [2.75, 3.05) is 6.61 Å². The molecule has 0 atom stereocenters. The second-order valence-corrected chi connectivity index (χ2v) is 6.28. The lowest BCUT2D eigenvalue weighted by molar-refractivity contribution is -0.117. The Hall–Kier alpha value is -1.51. The van der Waals surface area contributed by atoms with Crippen molar-refractivity contribution in [3.05, 3.63) is 29.8 Å². The van der Waals surface area contributed by atoms with E-state index in [0.29, 0.717) is 6.61 Å². The smallest absolute Gasteiger partial charge is 0.221 e. The number of hydrogen-bond acceptors (Lipinski definition) is 2. The molecule has 0 saturated heterocycles. The van der Waals surface area contributed by atoms with Crippen LogP contribution in [0, 0.1) is 0 Å². The van der Waals surface area contributed by atoms with E-state index in [1.54, 1.807) is 0 Å². The Morgan fingerprint density at radius 1 is 0.913 bits per heavy atom. The van der Waals surface area contributed by atoms with Gasteiger partial charge in [0.05, 0.1) is 13.0 Å². The highest BCUT2D eigenvalue weighted by Gasteiger charge is 2.05. The van der Waals surface area contributed by atoms with Crippen LogP contribution in [0.1, 0.15) is 76.7 Å². The number of nitrogens with two attached hydrogens (primary N) is 1. The van der Waals surface area contributed by atoms with Crippen molar-refractivity contribution in [1.82, 2.24) is 0 Å². The Labute approximate surface area is 141 Å². The van der Waals surface area contributed by atoms with Crippen molar-refractivity contribution in [3.8, 4) is 5.75 Å². The quantitative estimate of drug-likeness (QED) is 0.490. The predicted molar refractivity (Wildman–Crippen MR) is 96.7 cm³/mol. The lowest BCUT2D eigenvalue weighted by Gasteiger charge is -2.10. The van der Waals surface area contributed by atoms with Crippen LogP contribution >= 0.6 is 0 Å². The first-order valence-corrected chi connectivity index (χ1v) is 9.23. The summed E-state index contributed by atoms with van der Waals surface area (Å²) < 4.78 is 5.80. The average molecular weight is 319 g/mol. The number of para-hydroxylation sites is 1. The van der Waals surface area contributed by atoms with Crippen LogP contribution in [0.15, 0.2) is 24.3 Å². The summed E-state index contributed by atoms with van der Waals surface area (Å²) in [7, 11) is 0. The Balaban J connectivity index is 2.04. The maximum absolute atomic E-state index is 11.0. The van der Waals surface area contributed by atoms with E-state index in [1.165, 1.54) is 57.8 Å². The maximum Gasteiger partial charge on any atom is 0.221 e. The minimum Gasteiger partial charge on any atom is -0.493 e. The van der Waals surface area contributed by atoms with Crippen LogP contribution in [0.4, 0.5) is 0 Å². The van der Waals surface area contributed by atoms with Crippen molar-refractivity contribution >= 4 is 5.91 Å². The second-order valence-electron chi connectivity index (χ2n) is 6.28. The molecule has 0 unspecified atom stereocenters. The summed E-state index contributed by atoms with van der Waals surface area (Å²) in [5, 5.41) is 0. The minimum absolute atomic E-state index is 0.244. The van der Waals surface area contributed by atoms with Gasteiger partial charge in [-0.1, -0.05) is 82.9 Å². The normalized spacial score (nSPS) is 10.7. The van der Waals surface area contributed by atoms with E-state index in [1.807, 2.05) is 24.3 Å². The molecule has 3 nitrogen and oxygen atoms in total. The summed E-state index contributed by atoms with van der Waals surface area (Å²) in [6.45, 7) is 2.97. The molecule has 23 heavy (non-hydrogen) atoms. The lowest BCUT2D eigenvalue weighted by atomic mass is 10.1. The van der Waals surface area contributed by atoms with Gasteiger partial charge in [0.25, 0.3) is 0 Å². The molecule has 0 aromatic heterocycles. The lowest BCUT2D eigenvalue weighted by Crippen LogP contribution is -2.14. The van der Waals surface area contributed by atoms with Gasteiger partial charge in [-0.25, -0.2) is 0 Å². The number of carbonyl (C=O) groups is 1. The van der Waals surface area contributed by atoms with Crippen LogP contribution in [0.3, 0.4) is 0 Å². The van der Waals surface area contributed by atoms with Crippen LogP contribution in [0.25, 0.3) is 0 Å². The zero-order valence-electron chi connectivity index (χ0n) is 14.7. The van der Waals surface area contributed by atoms with Crippen molar-refractivity contribution in [1.29, 1.82) is 0 Å². The van der Waals surface area contributed by atoms with Gasteiger partial charge in [0.1, 0.15) is 5.75 Å². The Morgan fingerprint density at radius 3 is 2.09 bits per heavy atom. The summed E-state index contributed by atoms with van der Waals surface area (Å²) in [6.07, 6.45) is 13.4. The van der Waals surface area contributed by atoms with Crippen LogP contribution < -0.4 is 10.5 Å². The summed E-state index contributed by atoms with van der Waals surface area (Å²) in [6, 6.07) is 7.65. The third kappa shape index (κ3) is 9.98. The molecule has 1 rings (SSSR count). The van der Waals surface area contributed by atoms with Gasteiger partial charge in [-0.05, 0) is 12.5 Å². The molecule has 130 valence electrons. The molecular formula is C20H33NO2. The molecule has 2 N–H and O–H groups in total. The Bertz CT molecular complexity index is 431. The first kappa shape index (κ1) is 19.5. The minimum atomic E-state index is -0.319. The standard InChI is InChI=1S/C20H33NO2/c1-2-3-4-5-6-7-8-9-10-13-16-23-19-15-12-11-14-18(19)17-20(21)22/h11-12,14-15H,2-10,13,16-17H2,1H3,(H2,21,22). The van der Waals surface area contributed by atoms with E-state index < -0.39 is 0 Å². The van der Waals surface area contributed by atoms with Gasteiger partial charge in [-0.15, -0.1) is 0 Å². The monoisotopic (exact) mass is 319 g/mol. The number of benzene rings is 1. The van der Waals surface area contributed by atoms with Crippen molar-refractivity contribution < 1.29 is 9.53 Å². The van der Waals surface area contributed by atoms with Gasteiger partial charge in [0.2, 0.25) is 5.91 Å². The molecule has 3 heteroatoms. The zero-order chi connectivity index (χ0) is 16.8. The van der Waals surface area contributed by atoms with Crippen LogP contribution in [0.5, 0.6) is 5.75 Å². The SMILES string of the molecule is CCCCCCCCCCCCOc1ccccc1CC(N)=O. The summed E-state index contributed by atoms with van der Waals surface area (Å²) in [5.41, 5.74) is 6.14. The number of ether oxygens (including phenoxy) is 1. The number of hydrogen-bond donors (Lipinski definition) is 1. The van der Waals surface area contributed by atoms with E-state index in [0.717, 1.165) is 17.7 Å². The molecule has 0 aliphatic rings. The van der Waals surface area contributed by atoms with Gasteiger partial charge in [0.15, 0.2) is 0 Å². The van der Waals surface area contributed by atoms with Crippen molar-refractivity contribution in [2.24, 2.45) is 5.73 Å². The van der Waals surface area contributed by atoms with Crippen LogP contribution in [-0.2, 0) is 11.2 Å². The third-order valence-electron chi connectivity index (χ3n) is 4.09. The fraction of sp³-hybridized carbons (Fsp3) is 0.650. The van der Waals surface area contributed by atoms with Gasteiger partial charge in [-0.3, -0.25) is 4.79 Å². The molecule has 0 radical (unpaired) electrons. The molecule has 0 saturated carbocycles. The average Bonchev–Trinajstić information content (AvgIpc) is 2.53. The fourth-order valence-electron chi connectivity index (χ4n) is 2.75. The van der Waals surface area contributed by atoms with E-state index >= 15 is 0 Å². The summed E-state index contributed by atoms with van der Waals surface area (Å²) in [4.78, 5) is 11.0. The highest BCUT2D eigenvalue weighted by atomic mass is 16.5. The van der Waals surface area contributed by atoms with Crippen LogP contribution in [0.2, 0.25) is 0 Å². The first-order valence-electron chi connectivity index (χ1n) is 9.23. The topological polar surface area (TPSA) is 52.3 Å². The molecule has 0 spiro atoms. The molecule has 1 aromatic carbocycles. The molecule has 0 aliphatic heterocycles. The highest BCUT2D eigenvalue weighted by Crippen LogP contribution is 2.19. The molecule has 1 amide bonds. The number of unbranched alkanes of at least 4 members (excludes halogenated alkanes) is 9. The Morgan fingerprint density at radius 2 is 1.48 bits per heavy atom. The third-order valence-corrected chi connectivity index (χ3v) is 4.09. The van der Waals surface area contributed by atoms with E-state index in [-0.39, 0.29) is 12.3 Å². The molecule has 0 heterocycles. The van der Waals surface area contributed by atoms with E-state index in [4.69, 9.17) is 10.5 Å². The van der Waals surface area contributed by atoms with E-state index in [2.05, 4.69) is 6.92 Å². The number of carbonyl (C=O) groups excluding carboxylic acids is 1. The van der Waals surface area contributed by atoms with Crippen molar-refractivity contribution in [2.45, 2.75) is 77.6 Å². The molecule has 0 fully saturated rings. The summed E-state index contributed by atoms with van der Waals surface area (Å²) >= 11 is 0. The largest absolute Gasteiger partial charge is 0.493 e. The van der Waals surface area contributed by atoms with E-state index in [9.17, 15) is 4.79 Å². The van der Waals surface area contributed by atoms with Gasteiger partial charge < -0.3 is 10.5 Å². The van der Waals surface area contributed by atoms with Crippen LogP contribution in [-0.4, -0.2) is 12.5 Å². The molecule has 0 bridgehead atoms. The highest BCUT2D eigenvalue weighted by molar-refractivity contribution is 5.77. The maximum atomic E-state index is 11.0. The number of amides is 1. The number of rotatable bonds is 14. The fourth-order valence-corrected chi connectivity index (χ4v) is 2.75.